The Balaban J connectivity index is 6.02. The number of carbonyl (C=O) groups excluding carboxylic acids is 1. The predicted octanol–water partition coefficient (Wildman–Crippen LogP) is 2.19. The van der Waals surface area contributed by atoms with Crippen LogP contribution >= 0.6 is 11.6 Å². The van der Waals surface area contributed by atoms with Crippen molar-refractivity contribution in [3.8, 4) is 0 Å². The molecule has 48 valence electrons. The van der Waals surface area contributed by atoms with Crippen molar-refractivity contribution in [2.45, 2.75) is 27.0 Å². The molecule has 0 amide bonds. The van der Waals surface area contributed by atoms with Gasteiger partial charge in [-0.05, 0) is 17.0 Å². The van der Waals surface area contributed by atoms with Gasteiger partial charge in [-0.15, -0.1) is 0 Å². The molecular formula is C6H11ClO. The molecule has 0 radical (unpaired) electrons. The van der Waals surface area contributed by atoms with Crippen LogP contribution in [0.5, 0.6) is 0 Å². The molecule has 8 heavy (non-hydrogen) atoms. The summed E-state index contributed by atoms with van der Waals surface area (Å²) in [5, 5.41) is -1.31. The molecule has 0 bridgehead atoms. The monoisotopic (exact) mass is 143 g/mol. The Labute approximate surface area is 67.7 Å². The Kier molecular flexibility index (Phi) is 0.472. The van der Waals surface area contributed by atoms with Crippen molar-refractivity contribution in [1.82, 2.24) is 0 Å². The molecule has 0 aliphatic carbocycles. The first-order valence-corrected chi connectivity index (χ1v) is 2.23. The summed E-state index contributed by atoms with van der Waals surface area (Å²) in [6.07, 6.45) is -1.27. The lowest BCUT2D eigenvalue weighted by molar-refractivity contribution is -0.113. The highest BCUT2D eigenvalue weighted by Gasteiger charge is 2.13. The summed E-state index contributed by atoms with van der Waals surface area (Å²) >= 11 is 4.99. The van der Waals surface area contributed by atoms with Crippen LogP contribution in [0.25, 0.3) is 0 Å². The molecule has 0 atom stereocenters. The van der Waals surface area contributed by atoms with Gasteiger partial charge in [0.1, 0.15) is 0 Å². The van der Waals surface area contributed by atoms with Crippen molar-refractivity contribution in [2.24, 2.45) is 5.41 Å². The number of rotatable bonds is 1. The third-order valence-corrected chi connectivity index (χ3v) is 0.538. The second-order valence-electron chi connectivity index (χ2n) is 1.44. The van der Waals surface area contributed by atoms with Gasteiger partial charge in [0.15, 0.2) is 0 Å². The van der Waals surface area contributed by atoms with Crippen LogP contribution in [-0.2, 0) is 4.79 Å². The van der Waals surface area contributed by atoms with Gasteiger partial charge in [0.25, 0.3) is 0 Å². The standard InChI is InChI=1S/C6H11ClO/c1-6(2,3)4-5(7)8/h4H2,1-3H3/i1D3,2D3,3D3. The number of hydrogen-bond acceptors (Lipinski definition) is 1. The Morgan fingerprint density at radius 3 is 2.38 bits per heavy atom. The number of carbonyl (C=O) groups is 1. The Morgan fingerprint density at radius 2 is 2.25 bits per heavy atom. The zero-order valence-corrected chi connectivity index (χ0v) is 4.75. The predicted molar refractivity (Wildman–Crippen MR) is 34.9 cm³/mol. The highest BCUT2D eigenvalue weighted by atomic mass is 35.5. The maximum atomic E-state index is 10.8. The van der Waals surface area contributed by atoms with E-state index in [0.717, 1.165) is 0 Å². The van der Waals surface area contributed by atoms with Crippen LogP contribution in [0.4, 0.5) is 0 Å². The minimum atomic E-state index is -3.37. The number of halogens is 1. The van der Waals surface area contributed by atoms with Crippen LogP contribution in [0.2, 0.25) is 0 Å². The molecule has 0 heterocycles. The molecule has 0 aliphatic heterocycles. The third-order valence-electron chi connectivity index (χ3n) is 0.404. The Bertz CT molecular complexity index is 262. The van der Waals surface area contributed by atoms with E-state index in [2.05, 4.69) is 0 Å². The summed E-state index contributed by atoms with van der Waals surface area (Å²) in [5.41, 5.74) is -3.15. The van der Waals surface area contributed by atoms with Crippen molar-refractivity contribution in [2.75, 3.05) is 0 Å². The van der Waals surface area contributed by atoms with Gasteiger partial charge >= 0.3 is 0 Å². The van der Waals surface area contributed by atoms with Crippen molar-refractivity contribution in [1.29, 1.82) is 0 Å². The molecule has 0 aromatic rings. The van der Waals surface area contributed by atoms with Gasteiger partial charge in [0.05, 0.1) is 0 Å². The largest absolute Gasteiger partial charge is 0.281 e. The summed E-state index contributed by atoms with van der Waals surface area (Å²) in [6, 6.07) is 0. The molecular weight excluding hydrogens is 124 g/mol. The maximum absolute atomic E-state index is 10.8. The van der Waals surface area contributed by atoms with Gasteiger partial charge in [-0.3, -0.25) is 4.79 Å². The van der Waals surface area contributed by atoms with Crippen molar-refractivity contribution < 1.29 is 17.1 Å². The Hall–Kier alpha value is -0.0400. The first kappa shape index (κ1) is 1.51. The third kappa shape index (κ3) is 5.96. The van der Waals surface area contributed by atoms with Crippen molar-refractivity contribution >= 4 is 16.8 Å². The van der Waals surface area contributed by atoms with Crippen LogP contribution in [0.1, 0.15) is 39.3 Å². The molecule has 1 nitrogen and oxygen atoms in total. The van der Waals surface area contributed by atoms with E-state index in [1.165, 1.54) is 0 Å². The fraction of sp³-hybridized carbons (Fsp3) is 0.833. The highest BCUT2D eigenvalue weighted by molar-refractivity contribution is 6.63. The van der Waals surface area contributed by atoms with Gasteiger partial charge in [-0.2, -0.15) is 0 Å². The van der Waals surface area contributed by atoms with Gasteiger partial charge in [0, 0.05) is 18.8 Å². The van der Waals surface area contributed by atoms with Gasteiger partial charge in [-0.1, -0.05) is 20.6 Å². The van der Waals surface area contributed by atoms with E-state index in [9.17, 15) is 4.79 Å². The average Bonchev–Trinajstić information content (AvgIpc) is 1.91. The first-order valence-electron chi connectivity index (χ1n) is 6.35. The normalized spacial score (nSPS) is 32.9. The SMILES string of the molecule is [2H]C([2H])([2H])C(CC(=O)Cl)(C([2H])([2H])[2H])C([2H])([2H])[2H]. The van der Waals surface area contributed by atoms with Crippen LogP contribution in [0, 0.1) is 5.41 Å². The Morgan fingerprint density at radius 1 is 1.75 bits per heavy atom. The van der Waals surface area contributed by atoms with E-state index in [-0.39, 0.29) is 0 Å². The van der Waals surface area contributed by atoms with Crippen LogP contribution in [-0.4, -0.2) is 5.24 Å². The van der Waals surface area contributed by atoms with E-state index in [1.807, 2.05) is 0 Å². The summed E-state index contributed by atoms with van der Waals surface area (Å²) in [7, 11) is 0. The quantitative estimate of drug-likeness (QED) is 0.515. The molecule has 0 saturated carbocycles. The fourth-order valence-electron chi connectivity index (χ4n) is 0.208. The smallest absolute Gasteiger partial charge is 0.222 e. The zero-order chi connectivity index (χ0) is 14.3. The molecule has 0 fully saturated rings. The van der Waals surface area contributed by atoms with E-state index >= 15 is 0 Å². The summed E-state index contributed by atoms with van der Waals surface area (Å²) in [5.74, 6) is 0. The summed E-state index contributed by atoms with van der Waals surface area (Å²) in [4.78, 5) is 10.8. The second kappa shape index (κ2) is 2.49. The lowest BCUT2D eigenvalue weighted by Gasteiger charge is -2.13. The summed E-state index contributed by atoms with van der Waals surface area (Å²) < 4.78 is 64.3. The highest BCUT2D eigenvalue weighted by Crippen LogP contribution is 2.19. The first-order chi connectivity index (χ1) is 7.17. The molecule has 0 aliphatic rings. The molecule has 0 unspecified atom stereocenters. The minimum Gasteiger partial charge on any atom is -0.281 e. The molecule has 0 aromatic heterocycles. The van der Waals surface area contributed by atoms with E-state index in [4.69, 9.17) is 23.9 Å². The van der Waals surface area contributed by atoms with Crippen LogP contribution in [0.3, 0.4) is 0 Å². The van der Waals surface area contributed by atoms with E-state index in [1.54, 1.807) is 0 Å². The average molecular weight is 144 g/mol. The van der Waals surface area contributed by atoms with Crippen LogP contribution in [0.15, 0.2) is 0 Å². The second-order valence-corrected chi connectivity index (χ2v) is 1.86. The minimum absolute atomic E-state index is 1.27. The van der Waals surface area contributed by atoms with E-state index < -0.39 is 37.6 Å². The molecule has 0 saturated heterocycles. The molecule has 0 spiro atoms. The van der Waals surface area contributed by atoms with Gasteiger partial charge in [0.2, 0.25) is 5.24 Å². The lowest BCUT2D eigenvalue weighted by atomic mass is 9.93. The van der Waals surface area contributed by atoms with Gasteiger partial charge < -0.3 is 0 Å². The summed E-state index contributed by atoms with van der Waals surface area (Å²) in [6.45, 7) is -10.1. The fourth-order valence-corrected chi connectivity index (χ4v) is 0.409. The molecule has 0 aromatic carbocycles. The molecule has 0 rings (SSSR count). The van der Waals surface area contributed by atoms with Crippen molar-refractivity contribution in [3.63, 3.8) is 0 Å². The molecule has 0 N–H and O–H groups in total. The molecule has 2 heteroatoms. The maximum Gasteiger partial charge on any atom is 0.222 e. The van der Waals surface area contributed by atoms with Gasteiger partial charge in [-0.25, -0.2) is 0 Å². The van der Waals surface area contributed by atoms with Crippen LogP contribution < -0.4 is 0 Å². The lowest BCUT2D eigenvalue weighted by Crippen LogP contribution is -2.08. The van der Waals surface area contributed by atoms with Crippen molar-refractivity contribution in [3.05, 3.63) is 0 Å². The zero-order valence-electron chi connectivity index (χ0n) is 13.0. The topological polar surface area (TPSA) is 17.1 Å². The van der Waals surface area contributed by atoms with E-state index in [0.29, 0.717) is 0 Å². The number of hydrogen-bond donors (Lipinski definition) is 0.